The zero-order valence-electron chi connectivity index (χ0n) is 7.91. The molecule has 1 aromatic heterocycles. The molecule has 1 N–H and O–H groups in total. The Labute approximate surface area is 81.6 Å². The minimum absolute atomic E-state index is 0.138. The Morgan fingerprint density at radius 1 is 1.36 bits per heavy atom. The second-order valence-corrected chi connectivity index (χ2v) is 3.60. The minimum Gasteiger partial charge on any atom is -0.486 e. The summed E-state index contributed by atoms with van der Waals surface area (Å²) in [6.07, 6.45) is 2.05. The standard InChI is InChI=1S/C11H11NO2/c1-7-6-13-10-5-9-8(2-3-12-9)4-11(10)14-7/h2-5,7,12H,6H2,1H3. The summed E-state index contributed by atoms with van der Waals surface area (Å²) in [6, 6.07) is 6.02. The van der Waals surface area contributed by atoms with Crippen molar-refractivity contribution in [3.8, 4) is 11.5 Å². The van der Waals surface area contributed by atoms with Crippen LogP contribution in [-0.2, 0) is 0 Å². The molecule has 0 spiro atoms. The van der Waals surface area contributed by atoms with Crippen molar-refractivity contribution < 1.29 is 9.47 Å². The maximum atomic E-state index is 5.67. The van der Waals surface area contributed by atoms with Crippen LogP contribution in [0.4, 0.5) is 0 Å². The van der Waals surface area contributed by atoms with E-state index < -0.39 is 0 Å². The highest BCUT2D eigenvalue weighted by atomic mass is 16.6. The van der Waals surface area contributed by atoms with Gasteiger partial charge in [-0.1, -0.05) is 0 Å². The van der Waals surface area contributed by atoms with Crippen molar-refractivity contribution in [3.05, 3.63) is 24.4 Å². The van der Waals surface area contributed by atoms with E-state index >= 15 is 0 Å². The highest BCUT2D eigenvalue weighted by Gasteiger charge is 2.17. The number of rotatable bonds is 0. The van der Waals surface area contributed by atoms with E-state index in [0.29, 0.717) is 6.61 Å². The third kappa shape index (κ3) is 1.05. The third-order valence-corrected chi connectivity index (χ3v) is 2.42. The molecule has 0 saturated carbocycles. The maximum absolute atomic E-state index is 5.67. The van der Waals surface area contributed by atoms with Crippen LogP contribution in [0.5, 0.6) is 11.5 Å². The lowest BCUT2D eigenvalue weighted by Gasteiger charge is -2.23. The normalized spacial score (nSPS) is 19.9. The van der Waals surface area contributed by atoms with Crippen molar-refractivity contribution in [3.63, 3.8) is 0 Å². The summed E-state index contributed by atoms with van der Waals surface area (Å²) in [4.78, 5) is 3.15. The molecule has 1 atom stereocenters. The lowest BCUT2D eigenvalue weighted by molar-refractivity contribution is 0.104. The van der Waals surface area contributed by atoms with Crippen LogP contribution in [-0.4, -0.2) is 17.7 Å². The Morgan fingerprint density at radius 3 is 3.21 bits per heavy atom. The molecule has 72 valence electrons. The molecule has 2 aromatic rings. The van der Waals surface area contributed by atoms with Crippen LogP contribution in [0.3, 0.4) is 0 Å². The highest BCUT2D eigenvalue weighted by molar-refractivity contribution is 5.83. The summed E-state index contributed by atoms with van der Waals surface area (Å²) in [6.45, 7) is 2.63. The number of aromatic nitrogens is 1. The van der Waals surface area contributed by atoms with E-state index in [1.54, 1.807) is 0 Å². The van der Waals surface area contributed by atoms with Crippen LogP contribution in [0, 0.1) is 0 Å². The minimum atomic E-state index is 0.138. The number of benzene rings is 1. The monoisotopic (exact) mass is 189 g/mol. The summed E-state index contributed by atoms with van der Waals surface area (Å²) >= 11 is 0. The molecular formula is C11H11NO2. The molecule has 1 aliphatic heterocycles. The number of hydrogen-bond acceptors (Lipinski definition) is 2. The summed E-state index contributed by atoms with van der Waals surface area (Å²) < 4.78 is 11.2. The van der Waals surface area contributed by atoms with Gasteiger partial charge in [0.25, 0.3) is 0 Å². The smallest absolute Gasteiger partial charge is 0.163 e. The van der Waals surface area contributed by atoms with Crippen molar-refractivity contribution in [2.75, 3.05) is 6.61 Å². The lowest BCUT2D eigenvalue weighted by Crippen LogP contribution is -2.25. The molecule has 1 aromatic carbocycles. The molecule has 0 amide bonds. The van der Waals surface area contributed by atoms with Gasteiger partial charge in [0.05, 0.1) is 0 Å². The van der Waals surface area contributed by atoms with Crippen LogP contribution in [0.25, 0.3) is 10.9 Å². The molecule has 1 aliphatic rings. The van der Waals surface area contributed by atoms with Gasteiger partial charge < -0.3 is 14.5 Å². The molecule has 0 fully saturated rings. The first-order valence-corrected chi connectivity index (χ1v) is 4.73. The van der Waals surface area contributed by atoms with E-state index in [1.165, 1.54) is 0 Å². The van der Waals surface area contributed by atoms with Gasteiger partial charge in [-0.15, -0.1) is 0 Å². The van der Waals surface area contributed by atoms with E-state index in [1.807, 2.05) is 31.3 Å². The number of nitrogens with one attached hydrogen (secondary N) is 1. The number of aromatic amines is 1. The first-order chi connectivity index (χ1) is 6.83. The first-order valence-electron chi connectivity index (χ1n) is 4.73. The van der Waals surface area contributed by atoms with Crippen LogP contribution >= 0.6 is 0 Å². The van der Waals surface area contributed by atoms with Crippen LogP contribution in [0.15, 0.2) is 24.4 Å². The van der Waals surface area contributed by atoms with Gasteiger partial charge >= 0.3 is 0 Å². The second kappa shape index (κ2) is 2.67. The number of hydrogen-bond donors (Lipinski definition) is 1. The number of H-pyrrole nitrogens is 1. The van der Waals surface area contributed by atoms with Crippen LogP contribution in [0.1, 0.15) is 6.92 Å². The van der Waals surface area contributed by atoms with E-state index in [4.69, 9.17) is 9.47 Å². The zero-order chi connectivity index (χ0) is 9.54. The molecule has 3 rings (SSSR count). The third-order valence-electron chi connectivity index (χ3n) is 2.42. The molecule has 0 radical (unpaired) electrons. The molecule has 0 saturated heterocycles. The van der Waals surface area contributed by atoms with Crippen molar-refractivity contribution >= 4 is 10.9 Å². The average molecular weight is 189 g/mol. The SMILES string of the molecule is CC1COc2cc3[nH]ccc3cc2O1. The van der Waals surface area contributed by atoms with E-state index in [9.17, 15) is 0 Å². The lowest BCUT2D eigenvalue weighted by atomic mass is 10.2. The molecule has 3 nitrogen and oxygen atoms in total. The summed E-state index contributed by atoms with van der Waals surface area (Å²) in [5, 5.41) is 1.15. The first kappa shape index (κ1) is 7.74. The van der Waals surface area contributed by atoms with Gasteiger partial charge in [-0.05, 0) is 19.1 Å². The predicted molar refractivity (Wildman–Crippen MR) is 53.9 cm³/mol. The van der Waals surface area contributed by atoms with Gasteiger partial charge in [0, 0.05) is 23.2 Å². The van der Waals surface area contributed by atoms with Crippen molar-refractivity contribution in [2.24, 2.45) is 0 Å². The van der Waals surface area contributed by atoms with Crippen LogP contribution < -0.4 is 9.47 Å². The van der Waals surface area contributed by atoms with Gasteiger partial charge in [-0.3, -0.25) is 0 Å². The Kier molecular flexibility index (Phi) is 1.48. The summed E-state index contributed by atoms with van der Waals surface area (Å²) in [5.41, 5.74) is 1.09. The quantitative estimate of drug-likeness (QED) is 0.690. The van der Waals surface area contributed by atoms with E-state index in [2.05, 4.69) is 4.98 Å². The van der Waals surface area contributed by atoms with E-state index in [-0.39, 0.29) is 6.10 Å². The van der Waals surface area contributed by atoms with Crippen LogP contribution in [0.2, 0.25) is 0 Å². The topological polar surface area (TPSA) is 34.2 Å². The number of ether oxygens (including phenoxy) is 2. The highest BCUT2D eigenvalue weighted by Crippen LogP contribution is 2.35. The Hall–Kier alpha value is -1.64. The van der Waals surface area contributed by atoms with Gasteiger partial charge in [0.2, 0.25) is 0 Å². The van der Waals surface area contributed by atoms with E-state index in [0.717, 1.165) is 22.4 Å². The van der Waals surface area contributed by atoms with Gasteiger partial charge in [0.1, 0.15) is 12.7 Å². The Morgan fingerprint density at radius 2 is 2.29 bits per heavy atom. The molecule has 2 heterocycles. The maximum Gasteiger partial charge on any atom is 0.163 e. The second-order valence-electron chi connectivity index (χ2n) is 3.60. The average Bonchev–Trinajstić information content (AvgIpc) is 2.61. The molecule has 0 bridgehead atoms. The van der Waals surface area contributed by atoms with Crippen molar-refractivity contribution in [1.29, 1.82) is 0 Å². The molecule has 1 unspecified atom stereocenters. The molecule has 3 heteroatoms. The Bertz CT molecular complexity index is 475. The predicted octanol–water partition coefficient (Wildman–Crippen LogP) is 2.33. The fourth-order valence-electron chi connectivity index (χ4n) is 1.72. The van der Waals surface area contributed by atoms with Crippen molar-refractivity contribution in [2.45, 2.75) is 13.0 Å². The Balaban J connectivity index is 2.19. The number of fused-ring (bicyclic) bond motifs is 2. The molecule has 14 heavy (non-hydrogen) atoms. The van der Waals surface area contributed by atoms with Gasteiger partial charge in [-0.2, -0.15) is 0 Å². The largest absolute Gasteiger partial charge is 0.486 e. The summed E-state index contributed by atoms with van der Waals surface area (Å²) in [7, 11) is 0. The zero-order valence-corrected chi connectivity index (χ0v) is 7.91. The molecular weight excluding hydrogens is 178 g/mol. The van der Waals surface area contributed by atoms with Gasteiger partial charge in [-0.25, -0.2) is 0 Å². The summed E-state index contributed by atoms with van der Waals surface area (Å²) in [5.74, 6) is 1.67. The fourth-order valence-corrected chi connectivity index (χ4v) is 1.72. The fraction of sp³-hybridized carbons (Fsp3) is 0.273. The van der Waals surface area contributed by atoms with Gasteiger partial charge in [0.15, 0.2) is 11.5 Å². The van der Waals surface area contributed by atoms with Crippen molar-refractivity contribution in [1.82, 2.24) is 4.98 Å². The molecule has 0 aliphatic carbocycles.